The Morgan fingerprint density at radius 1 is 1.00 bits per heavy atom. The molecule has 2 amide bonds. The lowest BCUT2D eigenvalue weighted by Crippen LogP contribution is -2.36. The quantitative estimate of drug-likeness (QED) is 0.833. The SMILES string of the molecule is O=C(O)c1cc(CN2C(=O)c3ccccc3C2=O)cc(N2CCOCC2)c1. The Morgan fingerprint density at radius 3 is 2.22 bits per heavy atom. The molecule has 0 bridgehead atoms. The number of fused-ring (bicyclic) bond motifs is 1. The fourth-order valence-electron chi connectivity index (χ4n) is 3.46. The molecule has 0 aliphatic carbocycles. The number of amides is 2. The van der Waals surface area contributed by atoms with Gasteiger partial charge in [0.1, 0.15) is 0 Å². The molecule has 0 aromatic heterocycles. The Morgan fingerprint density at radius 2 is 1.63 bits per heavy atom. The fraction of sp³-hybridized carbons (Fsp3) is 0.250. The van der Waals surface area contributed by atoms with Gasteiger partial charge >= 0.3 is 5.97 Å². The zero-order valence-corrected chi connectivity index (χ0v) is 14.6. The second kappa shape index (κ2) is 6.85. The highest BCUT2D eigenvalue weighted by Gasteiger charge is 2.35. The molecule has 27 heavy (non-hydrogen) atoms. The topological polar surface area (TPSA) is 87.2 Å². The monoisotopic (exact) mass is 366 g/mol. The van der Waals surface area contributed by atoms with Gasteiger partial charge in [0, 0.05) is 18.8 Å². The molecule has 0 unspecified atom stereocenters. The van der Waals surface area contributed by atoms with Crippen molar-refractivity contribution < 1.29 is 24.2 Å². The maximum Gasteiger partial charge on any atom is 0.335 e. The summed E-state index contributed by atoms with van der Waals surface area (Å²) in [6.07, 6.45) is 0. The molecule has 2 aromatic rings. The Bertz CT molecular complexity index is 899. The number of nitrogens with zero attached hydrogens (tertiary/aromatic N) is 2. The molecule has 0 saturated carbocycles. The first-order chi connectivity index (χ1) is 13.0. The van der Waals surface area contributed by atoms with Crippen molar-refractivity contribution in [1.82, 2.24) is 4.90 Å². The number of carbonyl (C=O) groups excluding carboxylic acids is 2. The summed E-state index contributed by atoms with van der Waals surface area (Å²) in [4.78, 5) is 39.9. The van der Waals surface area contributed by atoms with Crippen molar-refractivity contribution in [2.45, 2.75) is 6.54 Å². The molecule has 2 heterocycles. The van der Waals surface area contributed by atoms with Gasteiger partial charge in [-0.25, -0.2) is 4.79 Å². The number of ether oxygens (including phenoxy) is 1. The molecule has 0 radical (unpaired) electrons. The van der Waals surface area contributed by atoms with Crippen LogP contribution in [0.3, 0.4) is 0 Å². The van der Waals surface area contributed by atoms with Gasteiger partial charge in [-0.05, 0) is 35.9 Å². The number of carboxylic acid groups (broad SMARTS) is 1. The van der Waals surface area contributed by atoms with Crippen LogP contribution in [-0.4, -0.2) is 54.1 Å². The standard InChI is InChI=1S/C20H18N2O5/c23-18-16-3-1-2-4-17(16)19(24)22(18)12-13-9-14(20(25)26)11-15(10-13)21-5-7-27-8-6-21/h1-4,9-11H,5-8,12H2,(H,25,26). The highest BCUT2D eigenvalue weighted by Crippen LogP contribution is 2.27. The van der Waals surface area contributed by atoms with E-state index in [2.05, 4.69) is 0 Å². The van der Waals surface area contributed by atoms with E-state index in [0.717, 1.165) is 10.6 Å². The first-order valence-corrected chi connectivity index (χ1v) is 8.70. The first-order valence-electron chi connectivity index (χ1n) is 8.70. The highest BCUT2D eigenvalue weighted by molar-refractivity contribution is 6.21. The summed E-state index contributed by atoms with van der Waals surface area (Å²) in [5.41, 5.74) is 2.25. The zero-order valence-electron chi connectivity index (χ0n) is 14.6. The smallest absolute Gasteiger partial charge is 0.335 e. The summed E-state index contributed by atoms with van der Waals surface area (Å²) in [6, 6.07) is 11.6. The summed E-state index contributed by atoms with van der Waals surface area (Å²) in [5, 5.41) is 9.45. The van der Waals surface area contributed by atoms with E-state index in [-0.39, 0.29) is 23.9 Å². The van der Waals surface area contributed by atoms with Crippen LogP contribution < -0.4 is 4.90 Å². The van der Waals surface area contributed by atoms with Crippen LogP contribution in [0.25, 0.3) is 0 Å². The summed E-state index contributed by atoms with van der Waals surface area (Å²) < 4.78 is 5.35. The summed E-state index contributed by atoms with van der Waals surface area (Å²) >= 11 is 0. The molecule has 0 atom stereocenters. The van der Waals surface area contributed by atoms with Crippen molar-refractivity contribution in [2.75, 3.05) is 31.2 Å². The average Bonchev–Trinajstić information content (AvgIpc) is 2.93. The molecule has 138 valence electrons. The van der Waals surface area contributed by atoms with E-state index >= 15 is 0 Å². The third-order valence-electron chi connectivity index (χ3n) is 4.82. The van der Waals surface area contributed by atoms with E-state index in [1.807, 2.05) is 11.0 Å². The lowest BCUT2D eigenvalue weighted by molar-refractivity contribution is 0.0641. The van der Waals surface area contributed by atoms with Crippen molar-refractivity contribution in [3.8, 4) is 0 Å². The average molecular weight is 366 g/mol. The third kappa shape index (κ3) is 3.17. The van der Waals surface area contributed by atoms with Gasteiger partial charge in [0.15, 0.2) is 0 Å². The fourth-order valence-corrected chi connectivity index (χ4v) is 3.46. The molecule has 4 rings (SSSR count). The zero-order chi connectivity index (χ0) is 19.0. The number of anilines is 1. The summed E-state index contributed by atoms with van der Waals surface area (Å²) in [5.74, 6) is -1.76. The van der Waals surface area contributed by atoms with Crippen molar-refractivity contribution in [1.29, 1.82) is 0 Å². The maximum atomic E-state index is 12.6. The largest absolute Gasteiger partial charge is 0.478 e. The van der Waals surface area contributed by atoms with Gasteiger partial charge in [-0.3, -0.25) is 14.5 Å². The molecule has 1 fully saturated rings. The van der Waals surface area contributed by atoms with Gasteiger partial charge in [0.25, 0.3) is 11.8 Å². The number of imide groups is 1. The number of carboxylic acids is 1. The van der Waals surface area contributed by atoms with Crippen LogP contribution in [0.15, 0.2) is 42.5 Å². The highest BCUT2D eigenvalue weighted by atomic mass is 16.5. The molecular weight excluding hydrogens is 348 g/mol. The van der Waals surface area contributed by atoms with Crippen LogP contribution >= 0.6 is 0 Å². The van der Waals surface area contributed by atoms with Crippen molar-refractivity contribution >= 4 is 23.5 Å². The number of carbonyl (C=O) groups is 3. The number of rotatable bonds is 4. The minimum absolute atomic E-state index is 0.0325. The van der Waals surface area contributed by atoms with Crippen LogP contribution in [0.4, 0.5) is 5.69 Å². The van der Waals surface area contributed by atoms with Gasteiger partial charge in [0.05, 0.1) is 36.4 Å². The van der Waals surface area contributed by atoms with Crippen LogP contribution in [0, 0.1) is 0 Å². The Balaban J connectivity index is 1.66. The number of aromatic carboxylic acids is 1. The normalized spacial score (nSPS) is 16.6. The predicted molar refractivity (Wildman–Crippen MR) is 97.1 cm³/mol. The molecule has 0 spiro atoms. The lowest BCUT2D eigenvalue weighted by atomic mass is 10.1. The predicted octanol–water partition coefficient (Wildman–Crippen LogP) is 2.02. The van der Waals surface area contributed by atoms with Crippen LogP contribution in [0.1, 0.15) is 36.6 Å². The molecule has 1 N–H and O–H groups in total. The van der Waals surface area contributed by atoms with E-state index in [9.17, 15) is 19.5 Å². The Kier molecular flexibility index (Phi) is 4.37. The van der Waals surface area contributed by atoms with Gasteiger partial charge in [-0.1, -0.05) is 12.1 Å². The minimum atomic E-state index is -1.05. The van der Waals surface area contributed by atoms with Crippen LogP contribution in [0.5, 0.6) is 0 Å². The number of benzene rings is 2. The maximum absolute atomic E-state index is 12.6. The number of morpholine rings is 1. The van der Waals surface area contributed by atoms with Crippen molar-refractivity contribution in [2.24, 2.45) is 0 Å². The molecule has 7 nitrogen and oxygen atoms in total. The van der Waals surface area contributed by atoms with E-state index in [1.54, 1.807) is 30.3 Å². The van der Waals surface area contributed by atoms with Gasteiger partial charge in [0.2, 0.25) is 0 Å². The molecule has 1 saturated heterocycles. The molecule has 2 aromatic carbocycles. The number of hydrogen-bond acceptors (Lipinski definition) is 5. The Labute approximate surface area is 155 Å². The summed E-state index contributed by atoms with van der Waals surface area (Å²) in [7, 11) is 0. The van der Waals surface area contributed by atoms with Crippen molar-refractivity contribution in [3.05, 3.63) is 64.7 Å². The number of hydrogen-bond donors (Lipinski definition) is 1. The van der Waals surface area contributed by atoms with E-state index in [1.165, 1.54) is 6.07 Å². The van der Waals surface area contributed by atoms with E-state index in [4.69, 9.17) is 4.74 Å². The van der Waals surface area contributed by atoms with Crippen molar-refractivity contribution in [3.63, 3.8) is 0 Å². The molecule has 2 aliphatic rings. The van der Waals surface area contributed by atoms with Gasteiger partial charge < -0.3 is 14.7 Å². The molecule has 7 heteroatoms. The third-order valence-corrected chi connectivity index (χ3v) is 4.82. The van der Waals surface area contributed by atoms with Gasteiger partial charge in [-0.2, -0.15) is 0 Å². The second-order valence-corrected chi connectivity index (χ2v) is 6.53. The van der Waals surface area contributed by atoms with Crippen LogP contribution in [0.2, 0.25) is 0 Å². The lowest BCUT2D eigenvalue weighted by Gasteiger charge is -2.29. The second-order valence-electron chi connectivity index (χ2n) is 6.53. The first kappa shape index (κ1) is 17.2. The Hall–Kier alpha value is -3.19. The summed E-state index contributed by atoms with van der Waals surface area (Å²) in [6.45, 7) is 2.51. The minimum Gasteiger partial charge on any atom is -0.478 e. The van der Waals surface area contributed by atoms with E-state index in [0.29, 0.717) is 43.0 Å². The molecule has 2 aliphatic heterocycles. The van der Waals surface area contributed by atoms with Crippen LogP contribution in [-0.2, 0) is 11.3 Å². The van der Waals surface area contributed by atoms with Gasteiger partial charge in [-0.15, -0.1) is 0 Å². The van der Waals surface area contributed by atoms with E-state index < -0.39 is 5.97 Å². The molecular formula is C20H18N2O5.